The Kier molecular flexibility index (Phi) is 6.53. The zero-order chi connectivity index (χ0) is 12.8. The molecule has 0 aromatic heterocycles. The van der Waals surface area contributed by atoms with Crippen molar-refractivity contribution in [2.75, 3.05) is 0 Å². The Labute approximate surface area is 118 Å². The number of halogens is 2. The molecule has 0 spiro atoms. The van der Waals surface area contributed by atoms with Gasteiger partial charge < -0.3 is 5.32 Å². The van der Waals surface area contributed by atoms with Crippen LogP contribution in [0.15, 0.2) is 22.7 Å². The molecule has 1 aromatic rings. The minimum atomic E-state index is 0.549. The van der Waals surface area contributed by atoms with Gasteiger partial charge in [-0.05, 0) is 37.0 Å². The van der Waals surface area contributed by atoms with E-state index in [9.17, 15) is 0 Å². The van der Waals surface area contributed by atoms with E-state index in [0.29, 0.717) is 6.04 Å². The lowest BCUT2D eigenvalue weighted by Gasteiger charge is -2.18. The predicted octanol–water partition coefficient (Wildman–Crippen LogP) is 5.02. The Hall–Kier alpha value is -0.0500. The summed E-state index contributed by atoms with van der Waals surface area (Å²) in [5, 5.41) is 4.32. The Balaban J connectivity index is 2.44. The predicted molar refractivity (Wildman–Crippen MR) is 79.5 cm³/mol. The fraction of sp³-hybridized carbons (Fsp3) is 0.571. The van der Waals surface area contributed by atoms with Crippen molar-refractivity contribution in [3.63, 3.8) is 0 Å². The van der Waals surface area contributed by atoms with Crippen LogP contribution in [0, 0.1) is 5.92 Å². The van der Waals surface area contributed by atoms with E-state index in [1.54, 1.807) is 0 Å². The molecule has 96 valence electrons. The van der Waals surface area contributed by atoms with E-state index in [-0.39, 0.29) is 0 Å². The zero-order valence-electron chi connectivity index (χ0n) is 10.8. The molecular formula is C14H21BrClN. The third-order valence-electron chi connectivity index (χ3n) is 3.11. The third kappa shape index (κ3) is 5.41. The molecule has 1 rings (SSSR count). The Morgan fingerprint density at radius 2 is 2.06 bits per heavy atom. The van der Waals surface area contributed by atoms with Gasteiger partial charge in [0.25, 0.3) is 0 Å². The highest BCUT2D eigenvalue weighted by Gasteiger charge is 2.07. The number of rotatable bonds is 6. The molecule has 2 atom stereocenters. The first-order valence-electron chi connectivity index (χ1n) is 6.20. The molecular weight excluding hydrogens is 298 g/mol. The smallest absolute Gasteiger partial charge is 0.0417 e. The van der Waals surface area contributed by atoms with Crippen molar-refractivity contribution in [1.29, 1.82) is 0 Å². The molecule has 0 amide bonds. The van der Waals surface area contributed by atoms with Crippen LogP contribution in [0.1, 0.15) is 39.2 Å². The summed E-state index contributed by atoms with van der Waals surface area (Å²) in [6, 6.07) is 6.49. The van der Waals surface area contributed by atoms with Gasteiger partial charge in [0.15, 0.2) is 0 Å². The van der Waals surface area contributed by atoms with Gasteiger partial charge in [0.2, 0.25) is 0 Å². The monoisotopic (exact) mass is 317 g/mol. The van der Waals surface area contributed by atoms with E-state index in [1.165, 1.54) is 18.4 Å². The topological polar surface area (TPSA) is 12.0 Å². The molecule has 0 heterocycles. The van der Waals surface area contributed by atoms with Crippen molar-refractivity contribution in [3.8, 4) is 0 Å². The summed E-state index contributed by atoms with van der Waals surface area (Å²) in [5.74, 6) is 0.783. The van der Waals surface area contributed by atoms with E-state index < -0.39 is 0 Å². The van der Waals surface area contributed by atoms with E-state index in [4.69, 9.17) is 11.6 Å². The van der Waals surface area contributed by atoms with Crippen LogP contribution in [-0.4, -0.2) is 6.04 Å². The summed E-state index contributed by atoms with van der Waals surface area (Å²) < 4.78 is 1.08. The molecule has 0 radical (unpaired) electrons. The first kappa shape index (κ1) is 15.0. The molecule has 0 saturated carbocycles. The Bertz CT molecular complexity index is 354. The van der Waals surface area contributed by atoms with E-state index in [2.05, 4.69) is 48.1 Å². The lowest BCUT2D eigenvalue weighted by atomic mass is 10.0. The van der Waals surface area contributed by atoms with Crippen molar-refractivity contribution in [2.45, 2.75) is 46.2 Å². The summed E-state index contributed by atoms with van der Waals surface area (Å²) in [6.07, 6.45) is 2.47. The van der Waals surface area contributed by atoms with Gasteiger partial charge in [0.05, 0.1) is 0 Å². The van der Waals surface area contributed by atoms with Gasteiger partial charge in [-0.1, -0.05) is 53.9 Å². The van der Waals surface area contributed by atoms with E-state index in [1.807, 2.05) is 12.1 Å². The van der Waals surface area contributed by atoms with Crippen LogP contribution in [0.5, 0.6) is 0 Å². The second kappa shape index (κ2) is 7.40. The summed E-state index contributed by atoms with van der Waals surface area (Å²) in [6.45, 7) is 7.68. The van der Waals surface area contributed by atoms with Crippen molar-refractivity contribution in [1.82, 2.24) is 5.32 Å². The van der Waals surface area contributed by atoms with Gasteiger partial charge in [0, 0.05) is 22.1 Å². The third-order valence-corrected chi connectivity index (χ3v) is 4.08. The van der Waals surface area contributed by atoms with Gasteiger partial charge in [0.1, 0.15) is 0 Å². The maximum absolute atomic E-state index is 5.92. The number of benzene rings is 1. The molecule has 1 aromatic carbocycles. The van der Waals surface area contributed by atoms with Crippen LogP contribution in [0.4, 0.5) is 0 Å². The maximum Gasteiger partial charge on any atom is 0.0417 e. The van der Waals surface area contributed by atoms with Crippen molar-refractivity contribution in [3.05, 3.63) is 33.3 Å². The van der Waals surface area contributed by atoms with Gasteiger partial charge in [-0.15, -0.1) is 0 Å². The molecule has 3 heteroatoms. The number of hydrogen-bond donors (Lipinski definition) is 1. The first-order valence-corrected chi connectivity index (χ1v) is 7.37. The highest BCUT2D eigenvalue weighted by molar-refractivity contribution is 9.10. The summed E-state index contributed by atoms with van der Waals surface area (Å²) in [4.78, 5) is 0. The molecule has 2 unspecified atom stereocenters. The fourth-order valence-corrected chi connectivity index (χ4v) is 2.63. The van der Waals surface area contributed by atoms with E-state index in [0.717, 1.165) is 22.0 Å². The standard InChI is InChI=1S/C14H21BrClN/c1-4-10(2)7-11(3)17-9-12-5-6-13(16)8-14(12)15/h5-6,8,10-11,17H,4,7,9H2,1-3H3. The summed E-state index contributed by atoms with van der Waals surface area (Å²) in [7, 11) is 0. The Morgan fingerprint density at radius 3 is 2.65 bits per heavy atom. The highest BCUT2D eigenvalue weighted by atomic mass is 79.9. The van der Waals surface area contributed by atoms with Crippen LogP contribution in [0.2, 0.25) is 5.02 Å². The maximum atomic E-state index is 5.92. The van der Waals surface area contributed by atoms with Crippen molar-refractivity contribution >= 4 is 27.5 Å². The largest absolute Gasteiger partial charge is 0.310 e. The molecule has 0 fully saturated rings. The average Bonchev–Trinajstić information content (AvgIpc) is 2.27. The van der Waals surface area contributed by atoms with E-state index >= 15 is 0 Å². The van der Waals surface area contributed by atoms with Crippen LogP contribution in [0.3, 0.4) is 0 Å². The minimum absolute atomic E-state index is 0.549. The van der Waals surface area contributed by atoms with Gasteiger partial charge in [-0.2, -0.15) is 0 Å². The molecule has 1 nitrogen and oxygen atoms in total. The molecule has 0 bridgehead atoms. The average molecular weight is 319 g/mol. The van der Waals surface area contributed by atoms with Crippen LogP contribution in [-0.2, 0) is 6.54 Å². The van der Waals surface area contributed by atoms with Gasteiger partial charge >= 0.3 is 0 Å². The molecule has 0 aliphatic rings. The van der Waals surface area contributed by atoms with Gasteiger partial charge in [-0.3, -0.25) is 0 Å². The normalized spacial score (nSPS) is 14.6. The van der Waals surface area contributed by atoms with Crippen LogP contribution >= 0.6 is 27.5 Å². The van der Waals surface area contributed by atoms with Gasteiger partial charge in [-0.25, -0.2) is 0 Å². The number of nitrogens with one attached hydrogen (secondary N) is 1. The zero-order valence-corrected chi connectivity index (χ0v) is 13.1. The van der Waals surface area contributed by atoms with Crippen molar-refractivity contribution in [2.24, 2.45) is 5.92 Å². The molecule has 17 heavy (non-hydrogen) atoms. The van der Waals surface area contributed by atoms with Crippen LogP contribution < -0.4 is 5.32 Å². The van der Waals surface area contributed by atoms with Crippen molar-refractivity contribution < 1.29 is 0 Å². The summed E-state index contributed by atoms with van der Waals surface area (Å²) in [5.41, 5.74) is 1.26. The molecule has 0 aliphatic heterocycles. The SMILES string of the molecule is CCC(C)CC(C)NCc1ccc(Cl)cc1Br. The molecule has 1 N–H and O–H groups in total. The second-order valence-electron chi connectivity index (χ2n) is 4.77. The highest BCUT2D eigenvalue weighted by Crippen LogP contribution is 2.21. The minimum Gasteiger partial charge on any atom is -0.310 e. The quantitative estimate of drug-likeness (QED) is 0.777. The number of hydrogen-bond acceptors (Lipinski definition) is 1. The summed E-state index contributed by atoms with van der Waals surface area (Å²) >= 11 is 9.45. The lowest BCUT2D eigenvalue weighted by Crippen LogP contribution is -2.27. The van der Waals surface area contributed by atoms with Crippen LogP contribution in [0.25, 0.3) is 0 Å². The molecule has 0 aliphatic carbocycles. The second-order valence-corrected chi connectivity index (χ2v) is 6.06. The fourth-order valence-electron chi connectivity index (χ4n) is 1.80. The molecule has 0 saturated heterocycles. The lowest BCUT2D eigenvalue weighted by molar-refractivity contribution is 0.412. The first-order chi connectivity index (χ1) is 8.02. The Morgan fingerprint density at radius 1 is 1.35 bits per heavy atom.